The molecule has 2 aromatic rings. The molecule has 0 aliphatic carbocycles. The number of hydrogen-bond acceptors (Lipinski definition) is 5. The van der Waals surface area contributed by atoms with Gasteiger partial charge in [-0.1, -0.05) is 13.0 Å². The predicted molar refractivity (Wildman–Crippen MR) is 103 cm³/mol. The fraction of sp³-hybridized carbons (Fsp3) is 0.333. The summed E-state index contributed by atoms with van der Waals surface area (Å²) in [7, 11) is 0. The first-order chi connectivity index (χ1) is 13.4. The van der Waals surface area contributed by atoms with Crippen LogP contribution in [0.15, 0.2) is 42.5 Å². The molecule has 0 spiro atoms. The quantitative estimate of drug-likeness (QED) is 0.651. The van der Waals surface area contributed by atoms with Gasteiger partial charge in [-0.15, -0.1) is 0 Å². The van der Waals surface area contributed by atoms with Crippen molar-refractivity contribution in [2.24, 2.45) is 0 Å². The summed E-state index contributed by atoms with van der Waals surface area (Å²) in [6.45, 7) is 6.19. The summed E-state index contributed by atoms with van der Waals surface area (Å²) in [6, 6.07) is 10.2. The minimum absolute atomic E-state index is 0.234. The first-order valence-corrected chi connectivity index (χ1v) is 9.11. The maximum Gasteiger partial charge on any atom is 0.339 e. The second-order valence-electron chi connectivity index (χ2n) is 5.99. The van der Waals surface area contributed by atoms with Crippen molar-refractivity contribution in [2.45, 2.75) is 33.3 Å². The van der Waals surface area contributed by atoms with Crippen LogP contribution in [0.2, 0.25) is 0 Å². The van der Waals surface area contributed by atoms with Crippen LogP contribution in [0, 0.1) is 5.82 Å². The lowest BCUT2D eigenvalue weighted by Crippen LogP contribution is -2.30. The van der Waals surface area contributed by atoms with E-state index >= 15 is 0 Å². The Morgan fingerprint density at radius 1 is 1.07 bits per heavy atom. The van der Waals surface area contributed by atoms with Gasteiger partial charge in [-0.2, -0.15) is 0 Å². The molecule has 6 nitrogen and oxygen atoms in total. The van der Waals surface area contributed by atoms with Gasteiger partial charge in [0.15, 0.2) is 17.6 Å². The highest BCUT2D eigenvalue weighted by Crippen LogP contribution is 2.29. The Bertz CT molecular complexity index is 824. The van der Waals surface area contributed by atoms with Crippen LogP contribution in [0.4, 0.5) is 10.1 Å². The van der Waals surface area contributed by atoms with Crippen LogP contribution in [0.1, 0.15) is 37.6 Å². The molecule has 0 radical (unpaired) electrons. The highest BCUT2D eigenvalue weighted by Gasteiger charge is 2.20. The van der Waals surface area contributed by atoms with E-state index in [9.17, 15) is 14.0 Å². The van der Waals surface area contributed by atoms with Crippen LogP contribution >= 0.6 is 0 Å². The average Bonchev–Trinajstić information content (AvgIpc) is 2.67. The molecule has 1 atom stereocenters. The summed E-state index contributed by atoms with van der Waals surface area (Å²) in [5.74, 6) is -0.743. The number of carbonyl (C=O) groups is 2. The van der Waals surface area contributed by atoms with Gasteiger partial charge < -0.3 is 19.5 Å². The molecule has 28 heavy (non-hydrogen) atoms. The predicted octanol–water partition coefficient (Wildman–Crippen LogP) is 4.20. The fourth-order valence-electron chi connectivity index (χ4n) is 2.33. The lowest BCUT2D eigenvalue weighted by atomic mass is 10.2. The van der Waals surface area contributed by atoms with E-state index in [4.69, 9.17) is 14.2 Å². The second-order valence-corrected chi connectivity index (χ2v) is 5.99. The summed E-state index contributed by atoms with van der Waals surface area (Å²) in [5, 5.41) is 2.50. The molecule has 0 bridgehead atoms. The second kappa shape index (κ2) is 10.3. The van der Waals surface area contributed by atoms with Gasteiger partial charge in [0, 0.05) is 5.69 Å². The zero-order valence-corrected chi connectivity index (χ0v) is 16.2. The molecule has 7 heteroatoms. The number of hydrogen-bond donors (Lipinski definition) is 1. The normalized spacial score (nSPS) is 11.4. The van der Waals surface area contributed by atoms with E-state index in [1.165, 1.54) is 31.2 Å². The van der Waals surface area contributed by atoms with Gasteiger partial charge in [0.1, 0.15) is 5.82 Å². The van der Waals surface area contributed by atoms with Crippen molar-refractivity contribution < 1.29 is 28.2 Å². The highest BCUT2D eigenvalue weighted by molar-refractivity contribution is 5.97. The molecular formula is C21H24FNO5. The van der Waals surface area contributed by atoms with Gasteiger partial charge in [0.05, 0.1) is 18.8 Å². The summed E-state index contributed by atoms with van der Waals surface area (Å²) in [5.41, 5.74) is 0.515. The zero-order chi connectivity index (χ0) is 20.5. The third-order valence-electron chi connectivity index (χ3n) is 3.69. The number of anilines is 1. The van der Waals surface area contributed by atoms with Crippen LogP contribution in [0.5, 0.6) is 11.5 Å². The fourth-order valence-corrected chi connectivity index (χ4v) is 2.33. The van der Waals surface area contributed by atoms with Crippen LogP contribution in [-0.4, -0.2) is 31.2 Å². The molecule has 0 fully saturated rings. The Hall–Kier alpha value is -3.09. The number of esters is 1. The monoisotopic (exact) mass is 389 g/mol. The number of halogens is 1. The minimum Gasteiger partial charge on any atom is -0.490 e. The highest BCUT2D eigenvalue weighted by atomic mass is 19.1. The van der Waals surface area contributed by atoms with Crippen molar-refractivity contribution in [1.29, 1.82) is 0 Å². The molecule has 0 aliphatic rings. The topological polar surface area (TPSA) is 73.9 Å². The summed E-state index contributed by atoms with van der Waals surface area (Å²) >= 11 is 0. The van der Waals surface area contributed by atoms with E-state index in [2.05, 4.69) is 5.32 Å². The average molecular weight is 389 g/mol. The van der Waals surface area contributed by atoms with Gasteiger partial charge >= 0.3 is 5.97 Å². The maximum absolute atomic E-state index is 13.2. The molecule has 1 amide bonds. The van der Waals surface area contributed by atoms with Crippen LogP contribution < -0.4 is 14.8 Å². The minimum atomic E-state index is -1.07. The third-order valence-corrected chi connectivity index (χ3v) is 3.69. The van der Waals surface area contributed by atoms with Gasteiger partial charge in [0.2, 0.25) is 0 Å². The number of benzene rings is 2. The molecule has 2 rings (SSSR count). The first kappa shape index (κ1) is 21.2. The van der Waals surface area contributed by atoms with Crippen molar-refractivity contribution in [3.8, 4) is 11.5 Å². The first-order valence-electron chi connectivity index (χ1n) is 9.11. The standard InChI is InChI=1S/C21H24FNO5/c1-4-11-27-18-10-9-15(12-19(18)26-5-2)21(25)28-14(3)20(24)23-17-8-6-7-16(22)13-17/h6-10,12-14H,4-5,11H2,1-3H3,(H,23,24)/t14-/m0/s1. The lowest BCUT2D eigenvalue weighted by molar-refractivity contribution is -0.123. The molecule has 0 unspecified atom stereocenters. The van der Waals surface area contributed by atoms with Gasteiger partial charge in [-0.05, 0) is 56.7 Å². The largest absolute Gasteiger partial charge is 0.490 e. The Kier molecular flexibility index (Phi) is 7.80. The van der Waals surface area contributed by atoms with Crippen LogP contribution in [0.25, 0.3) is 0 Å². The van der Waals surface area contributed by atoms with Crippen LogP contribution in [0.3, 0.4) is 0 Å². The smallest absolute Gasteiger partial charge is 0.339 e. The SMILES string of the molecule is CCCOc1ccc(C(=O)O[C@@H](C)C(=O)Nc2cccc(F)c2)cc1OCC. The molecule has 0 saturated carbocycles. The Morgan fingerprint density at radius 3 is 2.54 bits per heavy atom. The summed E-state index contributed by atoms with van der Waals surface area (Å²) in [6.07, 6.45) is -0.227. The number of rotatable bonds is 9. The molecule has 0 aromatic heterocycles. The van der Waals surface area contributed by atoms with E-state index in [1.807, 2.05) is 13.8 Å². The third kappa shape index (κ3) is 5.97. The lowest BCUT2D eigenvalue weighted by Gasteiger charge is -2.15. The van der Waals surface area contributed by atoms with E-state index in [-0.39, 0.29) is 11.3 Å². The van der Waals surface area contributed by atoms with Crippen LogP contribution in [-0.2, 0) is 9.53 Å². The van der Waals surface area contributed by atoms with Gasteiger partial charge in [0.25, 0.3) is 5.91 Å². The van der Waals surface area contributed by atoms with E-state index in [0.717, 1.165) is 6.42 Å². The molecule has 150 valence electrons. The van der Waals surface area contributed by atoms with Crippen molar-refractivity contribution in [3.63, 3.8) is 0 Å². The number of carbonyl (C=O) groups excluding carboxylic acids is 2. The maximum atomic E-state index is 13.2. The van der Waals surface area contributed by atoms with E-state index in [0.29, 0.717) is 24.7 Å². The Balaban J connectivity index is 2.04. The molecule has 2 aromatic carbocycles. The van der Waals surface area contributed by atoms with Gasteiger partial charge in [-0.25, -0.2) is 9.18 Å². The summed E-state index contributed by atoms with van der Waals surface area (Å²) < 4.78 is 29.5. The van der Waals surface area contributed by atoms with Crippen molar-refractivity contribution in [2.75, 3.05) is 18.5 Å². The number of nitrogens with one attached hydrogen (secondary N) is 1. The van der Waals surface area contributed by atoms with E-state index in [1.54, 1.807) is 18.2 Å². The molecule has 0 aliphatic heterocycles. The number of ether oxygens (including phenoxy) is 3. The zero-order valence-electron chi connectivity index (χ0n) is 16.2. The Morgan fingerprint density at radius 2 is 1.86 bits per heavy atom. The van der Waals surface area contributed by atoms with Crippen molar-refractivity contribution in [3.05, 3.63) is 53.8 Å². The van der Waals surface area contributed by atoms with E-state index < -0.39 is 23.8 Å². The summed E-state index contributed by atoms with van der Waals surface area (Å²) in [4.78, 5) is 24.6. The molecule has 1 N–H and O–H groups in total. The van der Waals surface area contributed by atoms with Gasteiger partial charge in [-0.3, -0.25) is 4.79 Å². The Labute approximate surface area is 163 Å². The molecule has 0 heterocycles. The number of amides is 1. The molecular weight excluding hydrogens is 365 g/mol. The van der Waals surface area contributed by atoms with Crippen molar-refractivity contribution >= 4 is 17.6 Å². The van der Waals surface area contributed by atoms with Crippen molar-refractivity contribution in [1.82, 2.24) is 0 Å². The molecule has 0 saturated heterocycles.